The van der Waals surface area contributed by atoms with Crippen molar-refractivity contribution in [3.05, 3.63) is 0 Å². The highest BCUT2D eigenvalue weighted by atomic mass is 16.5. The predicted molar refractivity (Wildman–Crippen MR) is 194 cm³/mol. The summed E-state index contributed by atoms with van der Waals surface area (Å²) in [6, 6.07) is 0. The summed E-state index contributed by atoms with van der Waals surface area (Å²) >= 11 is 0. The molecule has 2 atom stereocenters. The molecule has 0 aliphatic heterocycles. The molecule has 0 spiro atoms. The van der Waals surface area contributed by atoms with Crippen LogP contribution in [0.5, 0.6) is 0 Å². The molecule has 0 aromatic carbocycles. The van der Waals surface area contributed by atoms with E-state index in [4.69, 9.17) is 4.74 Å². The van der Waals surface area contributed by atoms with E-state index >= 15 is 0 Å². The summed E-state index contributed by atoms with van der Waals surface area (Å²) in [6.45, 7) is 12.5. The van der Waals surface area contributed by atoms with E-state index in [9.17, 15) is 14.7 Å². The quantitative estimate of drug-likeness (QED) is 0.0547. The van der Waals surface area contributed by atoms with Crippen molar-refractivity contribution in [1.29, 1.82) is 0 Å². The lowest BCUT2D eigenvalue weighted by atomic mass is 9.91. The minimum atomic E-state index is 0.0315. The Morgan fingerprint density at radius 2 is 0.978 bits per heavy atom. The summed E-state index contributed by atoms with van der Waals surface area (Å²) in [7, 11) is 0. The number of Topliss-reactive ketones (excluding diaryl/α,β-unsaturated/α-hetero) is 1. The van der Waals surface area contributed by atoms with E-state index in [-0.39, 0.29) is 24.4 Å². The van der Waals surface area contributed by atoms with Crippen molar-refractivity contribution in [2.75, 3.05) is 32.8 Å². The second-order valence-electron chi connectivity index (χ2n) is 13.8. The van der Waals surface area contributed by atoms with Gasteiger partial charge in [-0.3, -0.25) is 9.59 Å². The van der Waals surface area contributed by atoms with Crippen molar-refractivity contribution in [3.8, 4) is 0 Å². The molecule has 0 heterocycles. The van der Waals surface area contributed by atoms with Crippen LogP contribution in [0.15, 0.2) is 0 Å². The van der Waals surface area contributed by atoms with Gasteiger partial charge in [0.25, 0.3) is 0 Å². The topological polar surface area (TPSA) is 66.8 Å². The van der Waals surface area contributed by atoms with Crippen LogP contribution in [0.25, 0.3) is 0 Å². The van der Waals surface area contributed by atoms with Crippen LogP contribution >= 0.6 is 0 Å². The fraction of sp³-hybridized carbons (Fsp3) is 0.950. The lowest BCUT2D eigenvalue weighted by molar-refractivity contribution is -0.149. The number of carbonyl (C=O) groups is 2. The molecule has 0 aliphatic rings. The average molecular weight is 638 g/mol. The van der Waals surface area contributed by atoms with E-state index in [1.165, 1.54) is 89.9 Å². The Hall–Kier alpha value is -0.940. The van der Waals surface area contributed by atoms with E-state index < -0.39 is 0 Å². The predicted octanol–water partition coefficient (Wildman–Crippen LogP) is 11.2. The standard InChI is InChI=1S/C40H79NO4/c1-5-9-12-15-17-21-28-37(8-4)39(43)31-23-19-24-32-41(34-27-35-42)33-25-26-36-45-40(44)38(29-20-14-11-7-3)30-22-18-16-13-10-6-2/h37-38,42H,5-36H2,1-4H3. The molecule has 0 fully saturated rings. The summed E-state index contributed by atoms with van der Waals surface area (Å²) < 4.78 is 5.80. The molecule has 2 unspecified atom stereocenters. The lowest BCUT2D eigenvalue weighted by Gasteiger charge is -2.22. The SMILES string of the molecule is CCCCCCCCC(CC)C(=O)CCCCCN(CCCO)CCCCOC(=O)C(CCCCCC)CCCCCCCC. The molecule has 0 saturated carbocycles. The summed E-state index contributed by atoms with van der Waals surface area (Å²) in [5.41, 5.74) is 0. The first-order valence-corrected chi connectivity index (χ1v) is 20.1. The van der Waals surface area contributed by atoms with Crippen LogP contribution in [0, 0.1) is 11.8 Å². The Morgan fingerprint density at radius 1 is 0.533 bits per heavy atom. The zero-order valence-corrected chi connectivity index (χ0v) is 30.9. The molecular weight excluding hydrogens is 558 g/mol. The molecule has 268 valence electrons. The number of esters is 1. The number of ketones is 1. The minimum absolute atomic E-state index is 0.0315. The minimum Gasteiger partial charge on any atom is -0.465 e. The lowest BCUT2D eigenvalue weighted by Crippen LogP contribution is -2.28. The van der Waals surface area contributed by atoms with E-state index in [0.717, 1.165) is 103 Å². The molecular formula is C40H79NO4. The zero-order valence-electron chi connectivity index (χ0n) is 30.9. The summed E-state index contributed by atoms with van der Waals surface area (Å²) in [4.78, 5) is 28.2. The molecule has 0 saturated heterocycles. The summed E-state index contributed by atoms with van der Waals surface area (Å²) in [5, 5.41) is 9.38. The molecule has 0 aromatic rings. The van der Waals surface area contributed by atoms with Crippen LogP contribution in [0.1, 0.15) is 201 Å². The van der Waals surface area contributed by atoms with Gasteiger partial charge in [-0.2, -0.15) is 0 Å². The maximum atomic E-state index is 12.9. The zero-order chi connectivity index (χ0) is 33.2. The van der Waals surface area contributed by atoms with E-state index in [1.807, 2.05) is 0 Å². The largest absolute Gasteiger partial charge is 0.465 e. The highest BCUT2D eigenvalue weighted by molar-refractivity contribution is 5.80. The number of rotatable bonds is 36. The van der Waals surface area contributed by atoms with Gasteiger partial charge in [-0.1, -0.05) is 137 Å². The van der Waals surface area contributed by atoms with Crippen molar-refractivity contribution in [1.82, 2.24) is 4.90 Å². The van der Waals surface area contributed by atoms with Gasteiger partial charge in [0.05, 0.1) is 12.5 Å². The third kappa shape index (κ3) is 27.8. The van der Waals surface area contributed by atoms with Gasteiger partial charge in [-0.15, -0.1) is 0 Å². The first-order valence-electron chi connectivity index (χ1n) is 20.1. The van der Waals surface area contributed by atoms with Gasteiger partial charge in [0.15, 0.2) is 0 Å². The maximum absolute atomic E-state index is 12.9. The fourth-order valence-electron chi connectivity index (χ4n) is 6.51. The number of ether oxygens (including phenoxy) is 1. The van der Waals surface area contributed by atoms with E-state index in [0.29, 0.717) is 12.4 Å². The summed E-state index contributed by atoms with van der Waals surface area (Å²) in [5.74, 6) is 0.847. The van der Waals surface area contributed by atoms with Crippen LogP contribution in [0.4, 0.5) is 0 Å². The molecule has 0 aliphatic carbocycles. The van der Waals surface area contributed by atoms with E-state index in [2.05, 4.69) is 32.6 Å². The average Bonchev–Trinajstić information content (AvgIpc) is 3.04. The van der Waals surface area contributed by atoms with Crippen LogP contribution in [0.2, 0.25) is 0 Å². The van der Waals surface area contributed by atoms with Crippen LogP contribution < -0.4 is 0 Å². The van der Waals surface area contributed by atoms with Crippen molar-refractivity contribution < 1.29 is 19.4 Å². The molecule has 0 aromatic heterocycles. The second-order valence-corrected chi connectivity index (χ2v) is 13.8. The van der Waals surface area contributed by atoms with E-state index in [1.54, 1.807) is 0 Å². The molecule has 5 nitrogen and oxygen atoms in total. The highest BCUT2D eigenvalue weighted by Crippen LogP contribution is 2.21. The van der Waals surface area contributed by atoms with Crippen molar-refractivity contribution in [2.45, 2.75) is 201 Å². The monoisotopic (exact) mass is 638 g/mol. The van der Waals surface area contributed by atoms with Crippen molar-refractivity contribution in [3.63, 3.8) is 0 Å². The van der Waals surface area contributed by atoms with Crippen LogP contribution in [-0.4, -0.2) is 54.6 Å². The number of nitrogens with zero attached hydrogens (tertiary/aromatic N) is 1. The van der Waals surface area contributed by atoms with Gasteiger partial charge in [-0.05, 0) is 70.9 Å². The molecule has 0 amide bonds. The van der Waals surface area contributed by atoms with Gasteiger partial charge in [0, 0.05) is 25.5 Å². The summed E-state index contributed by atoms with van der Waals surface area (Å²) in [6.07, 6.45) is 30.8. The van der Waals surface area contributed by atoms with Crippen LogP contribution in [-0.2, 0) is 14.3 Å². The maximum Gasteiger partial charge on any atom is 0.308 e. The van der Waals surface area contributed by atoms with Gasteiger partial charge >= 0.3 is 5.97 Å². The highest BCUT2D eigenvalue weighted by Gasteiger charge is 2.19. The number of carbonyl (C=O) groups excluding carboxylic acids is 2. The molecule has 0 radical (unpaired) electrons. The number of unbranched alkanes of at least 4 members (excludes halogenated alkanes) is 16. The third-order valence-corrected chi connectivity index (χ3v) is 9.64. The second kappa shape index (κ2) is 34.4. The number of hydrogen-bond acceptors (Lipinski definition) is 5. The Balaban J connectivity index is 4.31. The fourth-order valence-corrected chi connectivity index (χ4v) is 6.51. The molecule has 0 bridgehead atoms. The normalized spacial score (nSPS) is 12.9. The molecule has 5 heteroatoms. The molecule has 0 rings (SSSR count). The Bertz CT molecular complexity index is 640. The Kier molecular flexibility index (Phi) is 33.7. The number of aliphatic hydroxyl groups excluding tert-OH is 1. The van der Waals surface area contributed by atoms with Crippen molar-refractivity contribution in [2.24, 2.45) is 11.8 Å². The number of hydrogen-bond donors (Lipinski definition) is 1. The number of aliphatic hydroxyl groups is 1. The Labute approximate surface area is 281 Å². The first kappa shape index (κ1) is 44.1. The smallest absolute Gasteiger partial charge is 0.308 e. The third-order valence-electron chi connectivity index (χ3n) is 9.64. The van der Waals surface area contributed by atoms with Gasteiger partial charge < -0.3 is 14.7 Å². The van der Waals surface area contributed by atoms with Crippen molar-refractivity contribution >= 4 is 11.8 Å². The van der Waals surface area contributed by atoms with Gasteiger partial charge in [0.2, 0.25) is 0 Å². The van der Waals surface area contributed by atoms with Gasteiger partial charge in [0.1, 0.15) is 5.78 Å². The Morgan fingerprint density at radius 3 is 1.51 bits per heavy atom. The first-order chi connectivity index (χ1) is 22.0. The molecule has 1 N–H and O–H groups in total. The van der Waals surface area contributed by atoms with Crippen LogP contribution in [0.3, 0.4) is 0 Å². The van der Waals surface area contributed by atoms with Gasteiger partial charge in [-0.25, -0.2) is 0 Å². The molecule has 45 heavy (non-hydrogen) atoms.